The molecule has 3 nitrogen and oxygen atoms in total. The lowest BCUT2D eigenvalue weighted by molar-refractivity contribution is 0.142. The van der Waals surface area contributed by atoms with Crippen molar-refractivity contribution in [2.24, 2.45) is 0 Å². The Labute approximate surface area is 97.0 Å². The molecule has 0 bridgehead atoms. The Morgan fingerprint density at radius 3 is 2.43 bits per heavy atom. The standard InChI is InChI=1S/C6H3ClF2INO2S/c7-14(12,13)3-1-2-4(10)11-5(3)6(8)9/h1-2,6H. The molecule has 1 rings (SSSR count). The summed E-state index contributed by atoms with van der Waals surface area (Å²) in [4.78, 5) is 2.77. The van der Waals surface area contributed by atoms with Crippen LogP contribution in [0.4, 0.5) is 8.78 Å². The van der Waals surface area contributed by atoms with Gasteiger partial charge in [-0.15, -0.1) is 0 Å². The minimum atomic E-state index is -4.17. The Morgan fingerprint density at radius 1 is 1.43 bits per heavy atom. The van der Waals surface area contributed by atoms with Crippen LogP contribution in [0.3, 0.4) is 0 Å². The number of hydrogen-bond acceptors (Lipinski definition) is 3. The van der Waals surface area contributed by atoms with Gasteiger partial charge in [0.1, 0.15) is 14.3 Å². The van der Waals surface area contributed by atoms with E-state index in [1.807, 2.05) is 0 Å². The van der Waals surface area contributed by atoms with Crippen molar-refractivity contribution in [1.29, 1.82) is 0 Å². The predicted molar refractivity (Wildman–Crippen MR) is 54.9 cm³/mol. The highest BCUT2D eigenvalue weighted by Gasteiger charge is 2.23. The van der Waals surface area contributed by atoms with Gasteiger partial charge in [-0.25, -0.2) is 22.2 Å². The minimum absolute atomic E-state index is 0.280. The number of hydrogen-bond donors (Lipinski definition) is 0. The molecule has 0 aliphatic carbocycles. The Balaban J connectivity index is 3.45. The van der Waals surface area contributed by atoms with E-state index in [1.54, 1.807) is 22.6 Å². The maximum atomic E-state index is 12.3. The van der Waals surface area contributed by atoms with E-state index in [2.05, 4.69) is 4.98 Å². The molecule has 0 amide bonds. The molecule has 0 radical (unpaired) electrons. The average Bonchev–Trinajstić information content (AvgIpc) is 2.01. The fourth-order valence-electron chi connectivity index (χ4n) is 0.800. The molecule has 14 heavy (non-hydrogen) atoms. The summed E-state index contributed by atoms with van der Waals surface area (Å²) in [5.74, 6) is 0. The molecular formula is C6H3ClF2INO2S. The lowest BCUT2D eigenvalue weighted by Crippen LogP contribution is -2.02. The molecule has 0 aromatic carbocycles. The molecule has 0 aliphatic rings. The van der Waals surface area contributed by atoms with Gasteiger partial charge in [0.2, 0.25) is 0 Å². The largest absolute Gasteiger partial charge is 0.281 e. The SMILES string of the molecule is O=S(=O)(Cl)c1ccc(I)nc1C(F)F. The summed E-state index contributed by atoms with van der Waals surface area (Å²) < 4.78 is 46.7. The summed E-state index contributed by atoms with van der Waals surface area (Å²) in [6.07, 6.45) is -2.96. The zero-order chi connectivity index (χ0) is 10.9. The van der Waals surface area contributed by atoms with Crippen molar-refractivity contribution >= 4 is 42.3 Å². The highest BCUT2D eigenvalue weighted by Crippen LogP contribution is 2.27. The lowest BCUT2D eigenvalue weighted by Gasteiger charge is -2.04. The summed E-state index contributed by atoms with van der Waals surface area (Å²) in [6, 6.07) is 2.31. The fraction of sp³-hybridized carbons (Fsp3) is 0.167. The molecule has 0 N–H and O–H groups in total. The molecule has 0 aliphatic heterocycles. The normalized spacial score (nSPS) is 12.1. The van der Waals surface area contributed by atoms with Crippen molar-refractivity contribution in [1.82, 2.24) is 4.98 Å². The van der Waals surface area contributed by atoms with Crippen molar-refractivity contribution in [3.05, 3.63) is 21.5 Å². The second kappa shape index (κ2) is 4.23. The van der Waals surface area contributed by atoms with Crippen LogP contribution in [-0.2, 0) is 9.05 Å². The first-order valence-corrected chi connectivity index (χ1v) is 6.60. The maximum absolute atomic E-state index is 12.3. The van der Waals surface area contributed by atoms with Crippen LogP contribution >= 0.6 is 33.3 Å². The highest BCUT2D eigenvalue weighted by atomic mass is 127. The Kier molecular flexibility index (Phi) is 3.64. The second-order valence-corrected chi connectivity index (χ2v) is 5.90. The first-order valence-electron chi connectivity index (χ1n) is 3.21. The van der Waals surface area contributed by atoms with E-state index in [1.165, 1.54) is 6.07 Å². The van der Waals surface area contributed by atoms with Gasteiger partial charge >= 0.3 is 0 Å². The second-order valence-electron chi connectivity index (χ2n) is 2.26. The Morgan fingerprint density at radius 2 is 2.00 bits per heavy atom. The smallest absolute Gasteiger partial charge is 0.239 e. The number of pyridine rings is 1. The molecule has 1 aromatic heterocycles. The van der Waals surface area contributed by atoms with Crippen molar-refractivity contribution < 1.29 is 17.2 Å². The van der Waals surface area contributed by atoms with Crippen LogP contribution in [0, 0.1) is 3.70 Å². The topological polar surface area (TPSA) is 47.0 Å². The van der Waals surface area contributed by atoms with Crippen molar-refractivity contribution in [2.75, 3.05) is 0 Å². The monoisotopic (exact) mass is 353 g/mol. The van der Waals surface area contributed by atoms with Crippen LogP contribution in [0.1, 0.15) is 12.1 Å². The average molecular weight is 354 g/mol. The van der Waals surface area contributed by atoms with Gasteiger partial charge in [-0.2, -0.15) is 0 Å². The zero-order valence-corrected chi connectivity index (χ0v) is 10.1. The van der Waals surface area contributed by atoms with E-state index in [0.717, 1.165) is 6.07 Å². The first-order chi connectivity index (χ1) is 6.32. The number of alkyl halides is 2. The van der Waals surface area contributed by atoms with Crippen LogP contribution in [0.25, 0.3) is 0 Å². The maximum Gasteiger partial charge on any atom is 0.281 e. The molecule has 0 spiro atoms. The van der Waals surface area contributed by atoms with Gasteiger partial charge in [0.05, 0.1) is 0 Å². The van der Waals surface area contributed by atoms with Gasteiger partial charge in [0.25, 0.3) is 15.5 Å². The van der Waals surface area contributed by atoms with Crippen LogP contribution in [0.15, 0.2) is 17.0 Å². The van der Waals surface area contributed by atoms with Crippen LogP contribution in [0.5, 0.6) is 0 Å². The van der Waals surface area contributed by atoms with Crippen LogP contribution in [-0.4, -0.2) is 13.4 Å². The molecule has 1 heterocycles. The van der Waals surface area contributed by atoms with Gasteiger partial charge in [-0.1, -0.05) is 0 Å². The number of rotatable bonds is 2. The summed E-state index contributed by atoms with van der Waals surface area (Å²) in [7, 11) is 0.788. The van der Waals surface area contributed by atoms with Crippen molar-refractivity contribution in [3.63, 3.8) is 0 Å². The van der Waals surface area contributed by atoms with Gasteiger partial charge in [-0.05, 0) is 34.7 Å². The molecular weight excluding hydrogens is 350 g/mol. The third-order valence-electron chi connectivity index (χ3n) is 1.32. The zero-order valence-electron chi connectivity index (χ0n) is 6.42. The van der Waals surface area contributed by atoms with Gasteiger partial charge < -0.3 is 0 Å². The third-order valence-corrected chi connectivity index (χ3v) is 3.29. The minimum Gasteiger partial charge on any atom is -0.239 e. The molecule has 0 fully saturated rings. The summed E-state index contributed by atoms with van der Waals surface area (Å²) in [5, 5.41) is 0. The van der Waals surface area contributed by atoms with Gasteiger partial charge in [-0.3, -0.25) is 0 Å². The third kappa shape index (κ3) is 2.74. The number of aromatic nitrogens is 1. The van der Waals surface area contributed by atoms with E-state index in [4.69, 9.17) is 10.7 Å². The van der Waals surface area contributed by atoms with Gasteiger partial charge in [0, 0.05) is 10.7 Å². The quantitative estimate of drug-likeness (QED) is 0.466. The number of halogens is 4. The fourth-order valence-corrected chi connectivity index (χ4v) is 2.25. The van der Waals surface area contributed by atoms with E-state index < -0.39 is 26.1 Å². The molecule has 78 valence electrons. The van der Waals surface area contributed by atoms with E-state index in [9.17, 15) is 17.2 Å². The van der Waals surface area contributed by atoms with Crippen molar-refractivity contribution in [2.45, 2.75) is 11.3 Å². The Bertz CT molecular complexity index is 451. The van der Waals surface area contributed by atoms with E-state index in [0.29, 0.717) is 0 Å². The molecule has 8 heteroatoms. The van der Waals surface area contributed by atoms with E-state index in [-0.39, 0.29) is 3.70 Å². The molecule has 0 atom stereocenters. The summed E-state index contributed by atoms with van der Waals surface area (Å²) in [5.41, 5.74) is -0.813. The van der Waals surface area contributed by atoms with Gasteiger partial charge in [0.15, 0.2) is 0 Å². The predicted octanol–water partition coefficient (Wildman–Crippen LogP) is 2.55. The first kappa shape index (κ1) is 12.1. The Hall–Kier alpha value is -0.0200. The number of nitrogens with zero attached hydrogens (tertiary/aromatic N) is 1. The molecule has 0 saturated heterocycles. The highest BCUT2D eigenvalue weighted by molar-refractivity contribution is 14.1. The summed E-state index contributed by atoms with van der Waals surface area (Å²) >= 11 is 1.70. The lowest BCUT2D eigenvalue weighted by atomic mass is 10.4. The molecule has 0 saturated carbocycles. The molecule has 0 unspecified atom stereocenters. The van der Waals surface area contributed by atoms with Crippen molar-refractivity contribution in [3.8, 4) is 0 Å². The molecule has 1 aromatic rings. The van der Waals surface area contributed by atoms with Crippen LogP contribution in [0.2, 0.25) is 0 Å². The van der Waals surface area contributed by atoms with E-state index >= 15 is 0 Å². The van der Waals surface area contributed by atoms with Crippen LogP contribution < -0.4 is 0 Å². The summed E-state index contributed by atoms with van der Waals surface area (Å²) in [6.45, 7) is 0.